The molecule has 0 bridgehead atoms. The molecule has 0 aromatic carbocycles. The number of aromatic nitrogens is 1. The van der Waals surface area contributed by atoms with E-state index in [0.717, 1.165) is 32.5 Å². The largest absolute Gasteiger partial charge is 0.326 e. The number of likely N-dealkylation sites (tertiary alicyclic amines) is 1. The first kappa shape index (κ1) is 9.62. The molecule has 14 heavy (non-hydrogen) atoms. The van der Waals surface area contributed by atoms with Gasteiger partial charge in [0.2, 0.25) is 0 Å². The van der Waals surface area contributed by atoms with Crippen LogP contribution in [0.25, 0.3) is 0 Å². The lowest BCUT2D eigenvalue weighted by Gasteiger charge is -2.14. The minimum Gasteiger partial charge on any atom is -0.326 e. The predicted molar refractivity (Wildman–Crippen MR) is 57.0 cm³/mol. The van der Waals surface area contributed by atoms with Gasteiger partial charge in [0.25, 0.3) is 0 Å². The van der Waals surface area contributed by atoms with Crippen LogP contribution in [0.5, 0.6) is 0 Å². The van der Waals surface area contributed by atoms with Gasteiger partial charge in [0.05, 0.1) is 0 Å². The van der Waals surface area contributed by atoms with Crippen LogP contribution < -0.4 is 5.73 Å². The molecule has 0 amide bonds. The van der Waals surface area contributed by atoms with E-state index in [1.54, 1.807) is 0 Å². The van der Waals surface area contributed by atoms with Crippen molar-refractivity contribution in [1.82, 2.24) is 9.88 Å². The molecular weight excluding hydrogens is 174 g/mol. The Labute approximate surface area is 84.9 Å². The number of nitrogens with zero attached hydrogens (tertiary/aromatic N) is 2. The highest BCUT2D eigenvalue weighted by Gasteiger charge is 2.17. The summed E-state index contributed by atoms with van der Waals surface area (Å²) in [4.78, 5) is 6.53. The molecule has 0 unspecified atom stereocenters. The summed E-state index contributed by atoms with van der Waals surface area (Å²) in [5, 5.41) is 0. The second-order valence-electron chi connectivity index (χ2n) is 3.96. The molecule has 2 heterocycles. The molecule has 1 aromatic heterocycles. The van der Waals surface area contributed by atoms with Crippen LogP contribution in [0.2, 0.25) is 0 Å². The van der Waals surface area contributed by atoms with E-state index in [1.165, 1.54) is 5.56 Å². The molecule has 0 saturated carbocycles. The molecular formula is C11H17N3. The summed E-state index contributed by atoms with van der Waals surface area (Å²) >= 11 is 0. The van der Waals surface area contributed by atoms with Crippen molar-refractivity contribution in [1.29, 1.82) is 0 Å². The van der Waals surface area contributed by atoms with Gasteiger partial charge in [-0.05, 0) is 31.0 Å². The average Bonchev–Trinajstić information content (AvgIpc) is 2.63. The van der Waals surface area contributed by atoms with Gasteiger partial charge in [-0.2, -0.15) is 0 Å². The summed E-state index contributed by atoms with van der Waals surface area (Å²) in [6, 6.07) is 4.51. The molecule has 3 nitrogen and oxygen atoms in total. The standard InChI is InChI=1S/C11H17N3/c12-11-4-7-14(9-11)6-3-10-2-1-5-13-8-10/h1-2,5,8,11H,3-4,6-7,9,12H2/t11-/m0/s1. The highest BCUT2D eigenvalue weighted by atomic mass is 15.2. The van der Waals surface area contributed by atoms with Crippen LogP contribution in [0.1, 0.15) is 12.0 Å². The monoisotopic (exact) mass is 191 g/mol. The molecule has 1 saturated heterocycles. The number of pyridine rings is 1. The van der Waals surface area contributed by atoms with E-state index in [4.69, 9.17) is 5.73 Å². The second kappa shape index (κ2) is 4.53. The predicted octanol–water partition coefficient (Wildman–Crippen LogP) is 0.657. The molecule has 76 valence electrons. The summed E-state index contributed by atoms with van der Waals surface area (Å²) in [5.41, 5.74) is 7.15. The van der Waals surface area contributed by atoms with E-state index in [9.17, 15) is 0 Å². The number of hydrogen-bond donors (Lipinski definition) is 1. The first-order chi connectivity index (χ1) is 6.84. The zero-order valence-corrected chi connectivity index (χ0v) is 8.39. The van der Waals surface area contributed by atoms with Gasteiger partial charge in [-0.15, -0.1) is 0 Å². The summed E-state index contributed by atoms with van der Waals surface area (Å²) in [5.74, 6) is 0. The van der Waals surface area contributed by atoms with Crippen LogP contribution in [-0.4, -0.2) is 35.6 Å². The van der Waals surface area contributed by atoms with Crippen LogP contribution in [-0.2, 0) is 6.42 Å². The van der Waals surface area contributed by atoms with E-state index < -0.39 is 0 Å². The van der Waals surface area contributed by atoms with Gasteiger partial charge < -0.3 is 10.6 Å². The average molecular weight is 191 g/mol. The van der Waals surface area contributed by atoms with Gasteiger partial charge in [0, 0.05) is 31.5 Å². The van der Waals surface area contributed by atoms with Crippen LogP contribution in [0, 0.1) is 0 Å². The number of rotatable bonds is 3. The van der Waals surface area contributed by atoms with Crippen LogP contribution in [0.15, 0.2) is 24.5 Å². The van der Waals surface area contributed by atoms with Crippen molar-refractivity contribution in [3.05, 3.63) is 30.1 Å². The van der Waals surface area contributed by atoms with E-state index in [-0.39, 0.29) is 0 Å². The van der Waals surface area contributed by atoms with Crippen molar-refractivity contribution in [2.45, 2.75) is 18.9 Å². The number of hydrogen-bond acceptors (Lipinski definition) is 3. The molecule has 0 aliphatic carbocycles. The Morgan fingerprint density at radius 3 is 3.14 bits per heavy atom. The number of nitrogens with two attached hydrogens (primary N) is 1. The third-order valence-corrected chi connectivity index (χ3v) is 2.75. The van der Waals surface area contributed by atoms with Crippen molar-refractivity contribution < 1.29 is 0 Å². The van der Waals surface area contributed by atoms with Crippen molar-refractivity contribution in [3.63, 3.8) is 0 Å². The van der Waals surface area contributed by atoms with Crippen LogP contribution >= 0.6 is 0 Å². The zero-order valence-electron chi connectivity index (χ0n) is 8.39. The van der Waals surface area contributed by atoms with Gasteiger partial charge in [-0.3, -0.25) is 4.98 Å². The third-order valence-electron chi connectivity index (χ3n) is 2.75. The Hall–Kier alpha value is -0.930. The SMILES string of the molecule is N[C@H]1CCN(CCc2cccnc2)C1. The van der Waals surface area contributed by atoms with Gasteiger partial charge in [0.1, 0.15) is 0 Å². The van der Waals surface area contributed by atoms with Gasteiger partial charge in [-0.1, -0.05) is 6.07 Å². The van der Waals surface area contributed by atoms with E-state index in [0.29, 0.717) is 6.04 Å². The first-order valence-electron chi connectivity index (χ1n) is 5.21. The maximum atomic E-state index is 5.84. The van der Waals surface area contributed by atoms with Crippen molar-refractivity contribution in [3.8, 4) is 0 Å². The molecule has 2 rings (SSSR count). The van der Waals surface area contributed by atoms with Gasteiger partial charge in [0.15, 0.2) is 0 Å². The van der Waals surface area contributed by atoms with E-state index >= 15 is 0 Å². The fourth-order valence-corrected chi connectivity index (χ4v) is 1.90. The van der Waals surface area contributed by atoms with Crippen molar-refractivity contribution in [2.75, 3.05) is 19.6 Å². The molecule has 2 N–H and O–H groups in total. The minimum atomic E-state index is 0.392. The lowest BCUT2D eigenvalue weighted by molar-refractivity contribution is 0.339. The Morgan fingerprint density at radius 2 is 2.50 bits per heavy atom. The quantitative estimate of drug-likeness (QED) is 0.763. The molecule has 1 aliphatic heterocycles. The van der Waals surface area contributed by atoms with E-state index in [2.05, 4.69) is 16.0 Å². The normalized spacial score (nSPS) is 22.8. The molecule has 0 spiro atoms. The third kappa shape index (κ3) is 2.53. The summed E-state index contributed by atoms with van der Waals surface area (Å²) < 4.78 is 0. The van der Waals surface area contributed by atoms with Crippen molar-refractivity contribution in [2.24, 2.45) is 5.73 Å². The molecule has 1 atom stereocenters. The molecule has 1 aromatic rings. The fourth-order valence-electron chi connectivity index (χ4n) is 1.90. The first-order valence-corrected chi connectivity index (χ1v) is 5.21. The van der Waals surface area contributed by atoms with Crippen LogP contribution in [0.3, 0.4) is 0 Å². The topological polar surface area (TPSA) is 42.1 Å². The molecule has 1 aliphatic rings. The highest BCUT2D eigenvalue weighted by molar-refractivity contribution is 5.08. The Bertz CT molecular complexity index is 273. The Morgan fingerprint density at radius 1 is 1.57 bits per heavy atom. The summed E-state index contributed by atoms with van der Waals surface area (Å²) in [6.07, 6.45) is 5.98. The summed E-state index contributed by atoms with van der Waals surface area (Å²) in [7, 11) is 0. The fraction of sp³-hybridized carbons (Fsp3) is 0.545. The lowest BCUT2D eigenvalue weighted by Crippen LogP contribution is -2.28. The Kier molecular flexibility index (Phi) is 3.11. The molecule has 1 fully saturated rings. The molecule has 3 heteroatoms. The smallest absolute Gasteiger partial charge is 0.0300 e. The Balaban J connectivity index is 1.78. The summed E-state index contributed by atoms with van der Waals surface area (Å²) in [6.45, 7) is 3.32. The van der Waals surface area contributed by atoms with E-state index in [1.807, 2.05) is 18.5 Å². The maximum Gasteiger partial charge on any atom is 0.0300 e. The zero-order chi connectivity index (χ0) is 9.80. The van der Waals surface area contributed by atoms with Gasteiger partial charge in [-0.25, -0.2) is 0 Å². The molecule has 0 radical (unpaired) electrons. The van der Waals surface area contributed by atoms with Gasteiger partial charge >= 0.3 is 0 Å². The van der Waals surface area contributed by atoms with Crippen molar-refractivity contribution >= 4 is 0 Å². The minimum absolute atomic E-state index is 0.392. The highest BCUT2D eigenvalue weighted by Crippen LogP contribution is 2.08. The second-order valence-corrected chi connectivity index (χ2v) is 3.96. The van der Waals surface area contributed by atoms with Crippen LogP contribution in [0.4, 0.5) is 0 Å². The lowest BCUT2D eigenvalue weighted by atomic mass is 10.2. The maximum absolute atomic E-state index is 5.84.